The molecule has 5 N–H and O–H groups in total. The van der Waals surface area contributed by atoms with Gasteiger partial charge in [0.15, 0.2) is 0 Å². The number of aryl methyl sites for hydroxylation is 1. The Balaban J connectivity index is 1.13. The Hall–Kier alpha value is -5.65. The summed E-state index contributed by atoms with van der Waals surface area (Å²) in [7, 11) is 0. The maximum atomic E-state index is 12.9. The van der Waals surface area contributed by atoms with Gasteiger partial charge in [-0.05, 0) is 59.2 Å². The molecule has 0 bridgehead atoms. The number of anilines is 1. The van der Waals surface area contributed by atoms with Gasteiger partial charge in [0.25, 0.3) is 22.7 Å². The normalized spacial score (nSPS) is 14.2. The number of amides is 2. The Morgan fingerprint density at radius 3 is 2.51 bits per heavy atom. The topological polar surface area (TPSA) is 186 Å². The van der Waals surface area contributed by atoms with Gasteiger partial charge in [-0.3, -0.25) is 19.2 Å². The van der Waals surface area contributed by atoms with E-state index in [1.807, 2.05) is 12.1 Å². The molecular weight excluding hydrogens is 528 g/mol. The molecule has 1 aliphatic carbocycles. The minimum Gasteiger partial charge on any atom is -0.478 e. The van der Waals surface area contributed by atoms with Crippen LogP contribution in [0, 0.1) is 0 Å². The van der Waals surface area contributed by atoms with E-state index in [-0.39, 0.29) is 40.9 Å². The molecule has 12 heteroatoms. The highest BCUT2D eigenvalue weighted by atomic mass is 16.4. The highest BCUT2D eigenvalue weighted by molar-refractivity contribution is 5.97. The van der Waals surface area contributed by atoms with E-state index in [2.05, 4.69) is 20.6 Å². The number of nitrogens with zero attached hydrogens (tertiary/aromatic N) is 3. The average molecular weight is 551 g/mol. The van der Waals surface area contributed by atoms with Gasteiger partial charge in [-0.15, -0.1) is 0 Å². The molecule has 0 unspecified atom stereocenters. The van der Waals surface area contributed by atoms with Crippen molar-refractivity contribution in [1.82, 2.24) is 25.2 Å². The molecule has 1 atom stereocenters. The summed E-state index contributed by atoms with van der Waals surface area (Å²) in [6.07, 6.45) is 4.05. The molecule has 0 saturated heterocycles. The van der Waals surface area contributed by atoms with Crippen molar-refractivity contribution in [3.63, 3.8) is 0 Å². The summed E-state index contributed by atoms with van der Waals surface area (Å²) >= 11 is 0. The van der Waals surface area contributed by atoms with Crippen molar-refractivity contribution in [2.24, 2.45) is 0 Å². The number of fused-ring (bicyclic) bond motifs is 2. The van der Waals surface area contributed by atoms with Gasteiger partial charge in [0.05, 0.1) is 17.1 Å². The molecule has 0 radical (unpaired) electrons. The number of rotatable bonds is 7. The number of nitrogens with one attached hydrogen (secondary N) is 2. The third-order valence-electron chi connectivity index (χ3n) is 7.28. The molecule has 204 valence electrons. The van der Waals surface area contributed by atoms with Gasteiger partial charge >= 0.3 is 5.97 Å². The smallest absolute Gasteiger partial charge is 0.335 e. The third-order valence-corrected chi connectivity index (χ3v) is 7.28. The lowest BCUT2D eigenvalue weighted by molar-refractivity contribution is 0.0696. The van der Waals surface area contributed by atoms with Crippen molar-refractivity contribution >= 4 is 34.4 Å². The number of carboxylic acids is 1. The van der Waals surface area contributed by atoms with E-state index >= 15 is 0 Å². The molecule has 0 fully saturated rings. The van der Waals surface area contributed by atoms with Gasteiger partial charge in [-0.25, -0.2) is 14.8 Å². The van der Waals surface area contributed by atoms with Crippen molar-refractivity contribution in [2.45, 2.75) is 25.4 Å². The van der Waals surface area contributed by atoms with Crippen LogP contribution in [0.3, 0.4) is 0 Å². The summed E-state index contributed by atoms with van der Waals surface area (Å²) in [5, 5.41) is 15.7. The van der Waals surface area contributed by atoms with Crippen LogP contribution >= 0.6 is 0 Å². The molecule has 2 aromatic heterocycles. The molecule has 0 spiro atoms. The van der Waals surface area contributed by atoms with Crippen molar-refractivity contribution in [3.8, 4) is 5.69 Å². The number of carbonyl (C=O) groups is 3. The Bertz CT molecular complexity index is 1970. The van der Waals surface area contributed by atoms with E-state index in [0.717, 1.165) is 28.4 Å². The van der Waals surface area contributed by atoms with E-state index in [9.17, 15) is 29.1 Å². The Morgan fingerprint density at radius 2 is 1.76 bits per heavy atom. The van der Waals surface area contributed by atoms with Crippen LogP contribution in [-0.2, 0) is 13.0 Å². The fourth-order valence-electron chi connectivity index (χ4n) is 5.13. The van der Waals surface area contributed by atoms with Crippen LogP contribution in [0.4, 0.5) is 5.69 Å². The second kappa shape index (κ2) is 9.83. The number of carboxylic acid groups (broad SMARTS) is 1. The summed E-state index contributed by atoms with van der Waals surface area (Å²) < 4.78 is 1.56. The number of hydrogen-bond donors (Lipinski definition) is 4. The molecule has 12 nitrogen and oxygen atoms in total. The van der Waals surface area contributed by atoms with Gasteiger partial charge < -0.3 is 26.0 Å². The maximum absolute atomic E-state index is 12.9. The Morgan fingerprint density at radius 1 is 0.976 bits per heavy atom. The first kappa shape index (κ1) is 25.6. The maximum Gasteiger partial charge on any atom is 0.335 e. The van der Waals surface area contributed by atoms with Crippen molar-refractivity contribution in [2.75, 3.05) is 5.73 Å². The molecule has 6 rings (SSSR count). The van der Waals surface area contributed by atoms with Gasteiger partial charge in [0.1, 0.15) is 29.1 Å². The number of carbonyl (C=O) groups excluding carboxylic acids is 2. The molecular formula is C29H22N6O6. The average Bonchev–Trinajstić information content (AvgIpc) is 3.59. The van der Waals surface area contributed by atoms with E-state index in [4.69, 9.17) is 5.73 Å². The van der Waals surface area contributed by atoms with Crippen LogP contribution in [0.1, 0.15) is 60.5 Å². The number of aromatic carboxylic acids is 1. The standard InChI is InChI=1S/C29H22N6O6/c30-23-24(26(37)25(23)36)35-8-7-15-2-1-14(9-22(15)35)12-31-27(38)20-11-21(33-13-32-20)28(39)34-19-6-4-16-10-17(29(40)41)3-5-18(16)19/h1-3,5,7-11,13,19H,4,6,12,30H2,(H,31,38)(H,34,39)(H,40,41)/t19-/m0/s1. The number of nitrogen functional groups attached to an aromatic ring is 1. The van der Waals surface area contributed by atoms with Crippen molar-refractivity contribution < 1.29 is 19.5 Å². The third kappa shape index (κ3) is 4.50. The quantitative estimate of drug-likeness (QED) is 0.219. The lowest BCUT2D eigenvalue weighted by atomic mass is 10.0. The molecule has 3 aromatic carbocycles. The molecule has 41 heavy (non-hydrogen) atoms. The molecule has 2 amide bonds. The van der Waals surface area contributed by atoms with Gasteiger partial charge in [-0.1, -0.05) is 18.2 Å². The monoisotopic (exact) mass is 550 g/mol. The van der Waals surface area contributed by atoms with Crippen molar-refractivity contribution in [1.29, 1.82) is 0 Å². The summed E-state index contributed by atoms with van der Waals surface area (Å²) in [4.78, 5) is 68.6. The van der Waals surface area contributed by atoms with Crippen LogP contribution in [0.5, 0.6) is 0 Å². The van der Waals surface area contributed by atoms with E-state index in [0.29, 0.717) is 18.4 Å². The first-order valence-electron chi connectivity index (χ1n) is 12.7. The minimum atomic E-state index is -1.01. The lowest BCUT2D eigenvalue weighted by Crippen LogP contribution is -2.38. The van der Waals surface area contributed by atoms with Crippen LogP contribution in [-0.4, -0.2) is 37.4 Å². The van der Waals surface area contributed by atoms with Crippen LogP contribution in [0.15, 0.2) is 70.6 Å². The summed E-state index contributed by atoms with van der Waals surface area (Å²) in [6.45, 7) is 0.129. The number of benzene rings is 2. The summed E-state index contributed by atoms with van der Waals surface area (Å²) in [5.74, 6) is -2.01. The second-order valence-electron chi connectivity index (χ2n) is 9.75. The molecule has 0 aliphatic heterocycles. The van der Waals surface area contributed by atoms with Gasteiger partial charge in [0.2, 0.25) is 0 Å². The fourth-order valence-corrected chi connectivity index (χ4v) is 5.13. The number of aromatic nitrogens is 3. The number of nitrogens with two attached hydrogens (primary N) is 1. The molecule has 5 aromatic rings. The number of hydrogen-bond acceptors (Lipinski definition) is 8. The van der Waals surface area contributed by atoms with E-state index in [1.165, 1.54) is 12.1 Å². The van der Waals surface area contributed by atoms with Crippen molar-refractivity contribution in [3.05, 3.63) is 115 Å². The Kier molecular flexibility index (Phi) is 6.14. The zero-order valence-corrected chi connectivity index (χ0v) is 21.4. The second-order valence-corrected chi connectivity index (χ2v) is 9.75. The SMILES string of the molecule is Nc1c(-n2ccc3ccc(CNC(=O)c4cc(C(=O)N[C@H]5CCc6cc(C(=O)O)ccc65)ncn4)cc32)c(=O)c1=O. The minimum absolute atomic E-state index is 0.00373. The van der Waals surface area contributed by atoms with E-state index < -0.39 is 28.6 Å². The zero-order chi connectivity index (χ0) is 28.8. The van der Waals surface area contributed by atoms with Gasteiger partial charge in [0, 0.05) is 18.8 Å². The highest BCUT2D eigenvalue weighted by Gasteiger charge is 2.26. The summed E-state index contributed by atoms with van der Waals surface area (Å²) in [6, 6.07) is 13.0. The van der Waals surface area contributed by atoms with E-state index in [1.54, 1.807) is 35.0 Å². The van der Waals surface area contributed by atoms with Crippen LogP contribution in [0.2, 0.25) is 0 Å². The largest absolute Gasteiger partial charge is 0.478 e. The first-order chi connectivity index (χ1) is 19.7. The lowest BCUT2D eigenvalue weighted by Gasteiger charge is -2.14. The first-order valence-corrected chi connectivity index (χ1v) is 12.7. The molecule has 0 saturated carbocycles. The predicted molar refractivity (Wildman–Crippen MR) is 148 cm³/mol. The Labute approximate surface area is 231 Å². The summed E-state index contributed by atoms with van der Waals surface area (Å²) in [5.41, 5.74) is 7.75. The van der Waals surface area contributed by atoms with Gasteiger partial charge in [-0.2, -0.15) is 0 Å². The van der Waals surface area contributed by atoms with Crippen LogP contribution < -0.4 is 27.2 Å². The predicted octanol–water partition coefficient (Wildman–Crippen LogP) is 1.64. The van der Waals surface area contributed by atoms with Crippen LogP contribution in [0.25, 0.3) is 16.6 Å². The highest BCUT2D eigenvalue weighted by Crippen LogP contribution is 2.32. The zero-order valence-electron chi connectivity index (χ0n) is 21.4. The molecule has 1 aliphatic rings. The molecule has 2 heterocycles. The fraction of sp³-hybridized carbons (Fsp3) is 0.138.